The highest BCUT2D eigenvalue weighted by molar-refractivity contribution is 5.21. The average molecular weight is 206 g/mol. The van der Waals surface area contributed by atoms with Crippen molar-refractivity contribution in [1.29, 1.82) is 0 Å². The van der Waals surface area contributed by atoms with Crippen LogP contribution in [-0.4, -0.2) is 14.9 Å². The fourth-order valence-corrected chi connectivity index (χ4v) is 1.65. The molecular weight excluding hydrogens is 192 g/mol. The highest BCUT2D eigenvalue weighted by Gasteiger charge is 2.13. The Morgan fingerprint density at radius 1 is 1.60 bits per heavy atom. The summed E-state index contributed by atoms with van der Waals surface area (Å²) in [6.07, 6.45) is 5.30. The van der Waals surface area contributed by atoms with Crippen molar-refractivity contribution in [1.82, 2.24) is 9.78 Å². The van der Waals surface area contributed by atoms with Crippen LogP contribution in [0, 0.1) is 6.92 Å². The fourth-order valence-electron chi connectivity index (χ4n) is 1.65. The SMILES string of the molecule is Cc1occc1C(O)Cc1cnn(C)c1. The lowest BCUT2D eigenvalue weighted by atomic mass is 10.0. The van der Waals surface area contributed by atoms with E-state index in [9.17, 15) is 5.11 Å². The zero-order valence-corrected chi connectivity index (χ0v) is 8.84. The summed E-state index contributed by atoms with van der Waals surface area (Å²) in [5.41, 5.74) is 1.87. The minimum atomic E-state index is -0.520. The molecule has 0 saturated heterocycles. The van der Waals surface area contributed by atoms with Gasteiger partial charge in [-0.05, 0) is 18.6 Å². The Hall–Kier alpha value is -1.55. The number of aliphatic hydroxyl groups is 1. The molecule has 2 aromatic rings. The summed E-state index contributed by atoms with van der Waals surface area (Å²) >= 11 is 0. The molecule has 0 aliphatic heterocycles. The van der Waals surface area contributed by atoms with E-state index < -0.39 is 6.10 Å². The highest BCUT2D eigenvalue weighted by atomic mass is 16.3. The van der Waals surface area contributed by atoms with Crippen LogP contribution in [0.15, 0.2) is 29.1 Å². The van der Waals surface area contributed by atoms with Gasteiger partial charge in [-0.1, -0.05) is 0 Å². The van der Waals surface area contributed by atoms with Gasteiger partial charge in [-0.25, -0.2) is 0 Å². The van der Waals surface area contributed by atoms with Crippen LogP contribution in [0.25, 0.3) is 0 Å². The third-order valence-electron chi connectivity index (χ3n) is 2.45. The number of aliphatic hydroxyl groups excluding tert-OH is 1. The van der Waals surface area contributed by atoms with E-state index in [1.807, 2.05) is 20.2 Å². The van der Waals surface area contributed by atoms with E-state index in [4.69, 9.17) is 4.42 Å². The zero-order valence-electron chi connectivity index (χ0n) is 8.84. The van der Waals surface area contributed by atoms with Crippen molar-refractivity contribution in [3.05, 3.63) is 41.6 Å². The van der Waals surface area contributed by atoms with Gasteiger partial charge in [0.2, 0.25) is 0 Å². The maximum Gasteiger partial charge on any atom is 0.106 e. The first-order chi connectivity index (χ1) is 7.16. The van der Waals surface area contributed by atoms with E-state index in [-0.39, 0.29) is 0 Å². The molecule has 0 aliphatic rings. The Morgan fingerprint density at radius 2 is 2.40 bits per heavy atom. The molecule has 80 valence electrons. The summed E-state index contributed by atoms with van der Waals surface area (Å²) in [5.74, 6) is 0.770. The number of aromatic nitrogens is 2. The monoisotopic (exact) mass is 206 g/mol. The average Bonchev–Trinajstić information content (AvgIpc) is 2.75. The normalized spacial score (nSPS) is 13.0. The van der Waals surface area contributed by atoms with Gasteiger partial charge in [-0.15, -0.1) is 0 Å². The standard InChI is InChI=1S/C11H14N2O2/c1-8-10(3-4-15-8)11(14)5-9-6-12-13(2)7-9/h3-4,6-7,11,14H,5H2,1-2H3. The Labute approximate surface area is 88.1 Å². The molecule has 0 aromatic carbocycles. The van der Waals surface area contributed by atoms with Gasteiger partial charge in [0.05, 0.1) is 18.6 Å². The van der Waals surface area contributed by atoms with Gasteiger partial charge in [-0.3, -0.25) is 4.68 Å². The summed E-state index contributed by atoms with van der Waals surface area (Å²) in [6, 6.07) is 1.80. The van der Waals surface area contributed by atoms with Crippen LogP contribution in [0.4, 0.5) is 0 Å². The summed E-state index contributed by atoms with van der Waals surface area (Å²) < 4.78 is 6.87. The Balaban J connectivity index is 2.10. The van der Waals surface area contributed by atoms with Crippen molar-refractivity contribution in [3.63, 3.8) is 0 Å². The minimum Gasteiger partial charge on any atom is -0.469 e. The van der Waals surface area contributed by atoms with Crippen molar-refractivity contribution in [2.45, 2.75) is 19.4 Å². The Kier molecular flexibility index (Phi) is 2.60. The van der Waals surface area contributed by atoms with Crippen molar-refractivity contribution < 1.29 is 9.52 Å². The Morgan fingerprint density at radius 3 is 2.93 bits per heavy atom. The first-order valence-electron chi connectivity index (χ1n) is 4.86. The third-order valence-corrected chi connectivity index (χ3v) is 2.45. The molecule has 2 aromatic heterocycles. The molecule has 0 bridgehead atoms. The molecule has 2 rings (SSSR count). The largest absolute Gasteiger partial charge is 0.469 e. The van der Waals surface area contributed by atoms with Crippen LogP contribution < -0.4 is 0 Å². The topological polar surface area (TPSA) is 51.2 Å². The molecule has 2 heterocycles. The summed E-state index contributed by atoms with van der Waals surface area (Å²) in [7, 11) is 1.86. The van der Waals surface area contributed by atoms with E-state index in [2.05, 4.69) is 5.10 Å². The van der Waals surface area contributed by atoms with E-state index in [0.717, 1.165) is 16.9 Å². The third kappa shape index (κ3) is 2.10. The van der Waals surface area contributed by atoms with Gasteiger partial charge in [0.15, 0.2) is 0 Å². The second-order valence-corrected chi connectivity index (χ2v) is 3.67. The van der Waals surface area contributed by atoms with Gasteiger partial charge in [-0.2, -0.15) is 5.10 Å². The van der Waals surface area contributed by atoms with Crippen LogP contribution in [-0.2, 0) is 13.5 Å². The molecule has 1 atom stereocenters. The van der Waals surface area contributed by atoms with E-state index in [1.165, 1.54) is 0 Å². The number of nitrogens with zero attached hydrogens (tertiary/aromatic N) is 2. The van der Waals surface area contributed by atoms with Crippen LogP contribution in [0.5, 0.6) is 0 Å². The molecule has 0 fully saturated rings. The lowest BCUT2D eigenvalue weighted by Gasteiger charge is -2.07. The molecular formula is C11H14N2O2. The summed E-state index contributed by atoms with van der Waals surface area (Å²) in [5, 5.41) is 14.0. The summed E-state index contributed by atoms with van der Waals surface area (Å²) in [4.78, 5) is 0. The fraction of sp³-hybridized carbons (Fsp3) is 0.364. The van der Waals surface area contributed by atoms with Crippen LogP contribution in [0.3, 0.4) is 0 Å². The van der Waals surface area contributed by atoms with Crippen LogP contribution in [0.2, 0.25) is 0 Å². The molecule has 15 heavy (non-hydrogen) atoms. The smallest absolute Gasteiger partial charge is 0.106 e. The van der Waals surface area contributed by atoms with Crippen molar-refractivity contribution in [2.24, 2.45) is 7.05 Å². The van der Waals surface area contributed by atoms with Crippen molar-refractivity contribution >= 4 is 0 Å². The quantitative estimate of drug-likeness (QED) is 0.829. The lowest BCUT2D eigenvalue weighted by molar-refractivity contribution is 0.176. The molecule has 4 nitrogen and oxygen atoms in total. The van der Waals surface area contributed by atoms with Crippen molar-refractivity contribution in [3.8, 4) is 0 Å². The second kappa shape index (κ2) is 3.90. The number of rotatable bonds is 3. The lowest BCUT2D eigenvalue weighted by Crippen LogP contribution is -2.01. The molecule has 1 N–H and O–H groups in total. The van der Waals surface area contributed by atoms with Gasteiger partial charge in [0, 0.05) is 25.2 Å². The van der Waals surface area contributed by atoms with Crippen LogP contribution in [0.1, 0.15) is 23.0 Å². The minimum absolute atomic E-state index is 0.520. The van der Waals surface area contributed by atoms with Crippen LogP contribution >= 0.6 is 0 Å². The van der Waals surface area contributed by atoms with E-state index >= 15 is 0 Å². The molecule has 0 spiro atoms. The van der Waals surface area contributed by atoms with Gasteiger partial charge < -0.3 is 9.52 Å². The van der Waals surface area contributed by atoms with E-state index in [1.54, 1.807) is 23.2 Å². The molecule has 4 heteroatoms. The predicted octanol–water partition coefficient (Wildman–Crippen LogP) is 1.60. The van der Waals surface area contributed by atoms with E-state index in [0.29, 0.717) is 6.42 Å². The number of furan rings is 1. The maximum atomic E-state index is 9.96. The molecule has 0 amide bonds. The number of hydrogen-bond donors (Lipinski definition) is 1. The van der Waals surface area contributed by atoms with Gasteiger partial charge >= 0.3 is 0 Å². The predicted molar refractivity (Wildman–Crippen MR) is 55.3 cm³/mol. The first kappa shape index (κ1) is 9.98. The zero-order chi connectivity index (χ0) is 10.8. The molecule has 1 unspecified atom stereocenters. The van der Waals surface area contributed by atoms with Gasteiger partial charge in [0.25, 0.3) is 0 Å². The number of hydrogen-bond acceptors (Lipinski definition) is 3. The second-order valence-electron chi connectivity index (χ2n) is 3.67. The first-order valence-corrected chi connectivity index (χ1v) is 4.86. The van der Waals surface area contributed by atoms with Gasteiger partial charge in [0.1, 0.15) is 5.76 Å². The number of aryl methyl sites for hydroxylation is 2. The maximum absolute atomic E-state index is 9.96. The molecule has 0 aliphatic carbocycles. The van der Waals surface area contributed by atoms with Crippen molar-refractivity contribution in [2.75, 3.05) is 0 Å². The summed E-state index contributed by atoms with van der Waals surface area (Å²) in [6.45, 7) is 1.85. The molecule has 0 saturated carbocycles. The highest BCUT2D eigenvalue weighted by Crippen LogP contribution is 2.21. The molecule has 0 radical (unpaired) electrons. The Bertz CT molecular complexity index is 445.